The molecule has 74 valence electrons. The van der Waals surface area contributed by atoms with Gasteiger partial charge in [0.15, 0.2) is 0 Å². The molecule has 14 heavy (non-hydrogen) atoms. The highest BCUT2D eigenvalue weighted by atomic mass is 35.5. The van der Waals surface area contributed by atoms with Gasteiger partial charge in [-0.3, -0.25) is 0 Å². The summed E-state index contributed by atoms with van der Waals surface area (Å²) in [5.41, 5.74) is 4.70. The highest BCUT2D eigenvalue weighted by Gasteiger charge is 2.01. The number of rotatable bonds is 2. The maximum atomic E-state index is 5.95. The Morgan fingerprint density at radius 2 is 2.00 bits per heavy atom. The number of aryl methyl sites for hydroxylation is 1. The fourth-order valence-corrected chi connectivity index (χ4v) is 1.64. The highest BCUT2D eigenvalue weighted by molar-refractivity contribution is 6.30. The minimum absolute atomic E-state index is 0.778. The second kappa shape index (κ2) is 4.47. The lowest BCUT2D eigenvalue weighted by atomic mass is 10.0. The van der Waals surface area contributed by atoms with Crippen molar-refractivity contribution in [1.29, 1.82) is 0 Å². The van der Waals surface area contributed by atoms with Gasteiger partial charge in [-0.15, -0.1) is 0 Å². The summed E-state index contributed by atoms with van der Waals surface area (Å²) in [6.07, 6.45) is 2.07. The summed E-state index contributed by atoms with van der Waals surface area (Å²) < 4.78 is 0. The zero-order valence-corrected chi connectivity index (χ0v) is 9.65. The van der Waals surface area contributed by atoms with Gasteiger partial charge in [0.2, 0.25) is 0 Å². The van der Waals surface area contributed by atoms with Crippen LogP contribution in [0.5, 0.6) is 0 Å². The number of halogens is 1. The summed E-state index contributed by atoms with van der Waals surface area (Å²) in [7, 11) is 0. The van der Waals surface area contributed by atoms with E-state index in [0.717, 1.165) is 10.6 Å². The molecule has 0 aliphatic carbocycles. The van der Waals surface area contributed by atoms with E-state index >= 15 is 0 Å². The molecule has 0 fully saturated rings. The van der Waals surface area contributed by atoms with Crippen LogP contribution in [0.4, 0.5) is 0 Å². The Bertz CT molecular complexity index is 386. The van der Waals surface area contributed by atoms with Crippen molar-refractivity contribution in [3.05, 3.63) is 52.6 Å². The molecule has 0 atom stereocenters. The van der Waals surface area contributed by atoms with Crippen LogP contribution >= 0.6 is 11.6 Å². The van der Waals surface area contributed by atoms with Crippen LogP contribution < -0.4 is 0 Å². The molecule has 0 unspecified atom stereocenters. The first-order valence-electron chi connectivity index (χ1n) is 4.61. The van der Waals surface area contributed by atoms with Crippen LogP contribution in [-0.4, -0.2) is 0 Å². The number of hydrogen-bond acceptors (Lipinski definition) is 0. The lowest BCUT2D eigenvalue weighted by molar-refractivity contribution is 1.40. The highest BCUT2D eigenvalue weighted by Crippen LogP contribution is 2.23. The Hall–Kier alpha value is -1.01. The molecule has 1 rings (SSSR count). The summed E-state index contributed by atoms with van der Waals surface area (Å²) in [6, 6.07) is 5.94. The first kappa shape index (κ1) is 11.1. The average Bonchev–Trinajstić information content (AvgIpc) is 2.08. The third-order valence-electron chi connectivity index (χ3n) is 2.09. The van der Waals surface area contributed by atoms with Gasteiger partial charge in [-0.1, -0.05) is 35.9 Å². The molecule has 0 aliphatic heterocycles. The fraction of sp³-hybridized carbons (Fsp3) is 0.231. The lowest BCUT2D eigenvalue weighted by Crippen LogP contribution is -1.85. The third-order valence-corrected chi connectivity index (χ3v) is 2.32. The van der Waals surface area contributed by atoms with Crippen LogP contribution in [-0.2, 0) is 0 Å². The standard InChI is InChI=1S/C13H15Cl/c1-9(2)7-11(4)13-8-12(14)6-5-10(13)3/h5-8H,1H2,2-4H3/b11-7+. The predicted octanol–water partition coefficient (Wildman–Crippen LogP) is 4.63. The Balaban J connectivity index is 3.18. The van der Waals surface area contributed by atoms with Gasteiger partial charge in [-0.2, -0.15) is 0 Å². The van der Waals surface area contributed by atoms with Crippen molar-refractivity contribution in [2.45, 2.75) is 20.8 Å². The third kappa shape index (κ3) is 2.74. The van der Waals surface area contributed by atoms with E-state index in [-0.39, 0.29) is 0 Å². The van der Waals surface area contributed by atoms with Gasteiger partial charge in [0.25, 0.3) is 0 Å². The molecule has 0 bridgehead atoms. The van der Waals surface area contributed by atoms with Crippen LogP contribution in [0.25, 0.3) is 5.57 Å². The fourth-order valence-electron chi connectivity index (χ4n) is 1.47. The maximum Gasteiger partial charge on any atom is 0.0412 e. The Kier molecular flexibility index (Phi) is 3.54. The predicted molar refractivity (Wildman–Crippen MR) is 64.7 cm³/mol. The lowest BCUT2D eigenvalue weighted by Gasteiger charge is -2.06. The molecule has 0 spiro atoms. The maximum absolute atomic E-state index is 5.95. The van der Waals surface area contributed by atoms with E-state index in [1.54, 1.807) is 0 Å². The first-order chi connectivity index (χ1) is 6.50. The van der Waals surface area contributed by atoms with Crippen molar-refractivity contribution in [2.24, 2.45) is 0 Å². The van der Waals surface area contributed by atoms with E-state index in [1.165, 1.54) is 16.7 Å². The molecule has 1 aromatic carbocycles. The Labute approximate surface area is 90.9 Å². The minimum atomic E-state index is 0.778. The molecule has 0 saturated heterocycles. The summed E-state index contributed by atoms with van der Waals surface area (Å²) in [4.78, 5) is 0. The zero-order valence-electron chi connectivity index (χ0n) is 8.89. The first-order valence-corrected chi connectivity index (χ1v) is 4.99. The Morgan fingerprint density at radius 1 is 1.36 bits per heavy atom. The molecule has 1 heteroatoms. The van der Waals surface area contributed by atoms with E-state index in [2.05, 4.69) is 26.5 Å². The van der Waals surface area contributed by atoms with Gasteiger partial charge in [-0.25, -0.2) is 0 Å². The molecule has 0 heterocycles. The normalized spacial score (nSPS) is 11.6. The second-order valence-corrected chi connectivity index (χ2v) is 4.07. The molecular weight excluding hydrogens is 192 g/mol. The summed E-state index contributed by atoms with van der Waals surface area (Å²) in [6.45, 7) is 10.0. The SMILES string of the molecule is C=C(C)/C=C(\C)c1cc(Cl)ccc1C. The monoisotopic (exact) mass is 206 g/mol. The number of hydrogen-bond donors (Lipinski definition) is 0. The molecule has 0 amide bonds. The van der Waals surface area contributed by atoms with Crippen molar-refractivity contribution in [2.75, 3.05) is 0 Å². The molecule has 0 saturated carbocycles. The minimum Gasteiger partial charge on any atom is -0.0961 e. The molecule has 0 aromatic heterocycles. The van der Waals surface area contributed by atoms with Crippen molar-refractivity contribution in [1.82, 2.24) is 0 Å². The quantitative estimate of drug-likeness (QED) is 0.619. The molecule has 1 aromatic rings. The Morgan fingerprint density at radius 3 is 2.57 bits per heavy atom. The van der Waals surface area contributed by atoms with Gasteiger partial charge < -0.3 is 0 Å². The van der Waals surface area contributed by atoms with E-state index < -0.39 is 0 Å². The van der Waals surface area contributed by atoms with Gasteiger partial charge >= 0.3 is 0 Å². The molecule has 0 N–H and O–H groups in total. The van der Waals surface area contributed by atoms with Crippen LogP contribution in [0.3, 0.4) is 0 Å². The van der Waals surface area contributed by atoms with E-state index in [0.29, 0.717) is 0 Å². The number of benzene rings is 1. The molecular formula is C13H15Cl. The van der Waals surface area contributed by atoms with Crippen LogP contribution in [0.1, 0.15) is 25.0 Å². The summed E-state index contributed by atoms with van der Waals surface area (Å²) in [5, 5.41) is 0.778. The molecule has 0 aliphatic rings. The van der Waals surface area contributed by atoms with Crippen LogP contribution in [0, 0.1) is 6.92 Å². The van der Waals surface area contributed by atoms with Gasteiger partial charge in [0.05, 0.1) is 0 Å². The zero-order chi connectivity index (χ0) is 10.7. The summed E-state index contributed by atoms with van der Waals surface area (Å²) >= 11 is 5.95. The van der Waals surface area contributed by atoms with Crippen molar-refractivity contribution < 1.29 is 0 Å². The van der Waals surface area contributed by atoms with Crippen molar-refractivity contribution in [3.63, 3.8) is 0 Å². The largest absolute Gasteiger partial charge is 0.0961 e. The van der Waals surface area contributed by atoms with E-state index in [1.807, 2.05) is 25.1 Å². The van der Waals surface area contributed by atoms with Crippen molar-refractivity contribution >= 4 is 17.2 Å². The van der Waals surface area contributed by atoms with Gasteiger partial charge in [0, 0.05) is 5.02 Å². The molecule has 0 radical (unpaired) electrons. The summed E-state index contributed by atoms with van der Waals surface area (Å²) in [5.74, 6) is 0. The topological polar surface area (TPSA) is 0 Å². The number of allylic oxidation sites excluding steroid dienone is 3. The smallest absolute Gasteiger partial charge is 0.0412 e. The molecule has 0 nitrogen and oxygen atoms in total. The van der Waals surface area contributed by atoms with Gasteiger partial charge in [0.1, 0.15) is 0 Å². The van der Waals surface area contributed by atoms with E-state index in [9.17, 15) is 0 Å². The van der Waals surface area contributed by atoms with Crippen LogP contribution in [0.15, 0.2) is 36.4 Å². The van der Waals surface area contributed by atoms with E-state index in [4.69, 9.17) is 11.6 Å². The van der Waals surface area contributed by atoms with Crippen LogP contribution in [0.2, 0.25) is 5.02 Å². The van der Waals surface area contributed by atoms with Gasteiger partial charge in [-0.05, 0) is 49.6 Å². The van der Waals surface area contributed by atoms with Crippen molar-refractivity contribution in [3.8, 4) is 0 Å². The average molecular weight is 207 g/mol. The second-order valence-electron chi connectivity index (χ2n) is 3.63.